The molecule has 7 aromatic rings. The van der Waals surface area contributed by atoms with Crippen molar-refractivity contribution >= 4 is 75.1 Å². The molecule has 0 saturated carbocycles. The number of alkyl halides is 9. The van der Waals surface area contributed by atoms with Crippen LogP contribution in [0, 0.1) is 0 Å². The number of nitrogen functional groups attached to an aromatic ring is 1. The number of hydrazine groups is 1. The van der Waals surface area contributed by atoms with E-state index in [1.807, 2.05) is 5.43 Å². The highest BCUT2D eigenvalue weighted by molar-refractivity contribution is 7.81. The highest BCUT2D eigenvalue weighted by atomic mass is 32.1. The zero-order valence-corrected chi connectivity index (χ0v) is 41.2. The Kier molecular flexibility index (Phi) is 23.8. The first-order chi connectivity index (χ1) is 36.4. The predicted molar refractivity (Wildman–Crippen MR) is 276 cm³/mol. The first-order valence-corrected chi connectivity index (χ1v) is 22.5. The van der Waals surface area contributed by atoms with Gasteiger partial charge >= 0.3 is 42.3 Å². The Balaban J connectivity index is 0.000000288. The Morgan fingerprint density at radius 1 is 0.551 bits per heavy atom. The molecule has 0 atom stereocenters. The molecule has 0 radical (unpaired) electrons. The second-order valence-corrected chi connectivity index (χ2v) is 15.4. The maximum absolute atomic E-state index is 12.7. The van der Waals surface area contributed by atoms with E-state index in [0.29, 0.717) is 57.4 Å². The largest absolute Gasteiger partial charge is 0.465 e. The molecule has 0 bridgehead atoms. The molecule has 16 nitrogen and oxygen atoms in total. The minimum atomic E-state index is -4.40. The molecule has 78 heavy (non-hydrogen) atoms. The number of hydrogen-bond donors (Lipinski definition) is 6. The number of anilines is 6. The maximum atomic E-state index is 12.7. The van der Waals surface area contributed by atoms with E-state index in [-0.39, 0.29) is 30.8 Å². The van der Waals surface area contributed by atoms with Crippen LogP contribution in [0.4, 0.5) is 73.6 Å². The van der Waals surface area contributed by atoms with Crippen LogP contribution in [0.1, 0.15) is 69.4 Å². The van der Waals surface area contributed by atoms with Crippen LogP contribution in [0.25, 0.3) is 11.5 Å². The fraction of sp³-hybridized carbons (Fsp3) is 0.173. The van der Waals surface area contributed by atoms with Gasteiger partial charge in [-0.1, -0.05) is 56.0 Å². The minimum absolute atomic E-state index is 0. The first-order valence-electron chi connectivity index (χ1n) is 22.1. The van der Waals surface area contributed by atoms with Crippen LogP contribution in [0.5, 0.6) is 0 Å². The summed E-state index contributed by atoms with van der Waals surface area (Å²) in [7, 11) is 1.26. The highest BCUT2D eigenvalue weighted by Crippen LogP contribution is 2.35. The number of aromatic nitrogens is 2. The average Bonchev–Trinajstić information content (AvgIpc) is 3.90. The number of esters is 3. The number of amides is 1. The number of carbonyl (C=O) groups excluding carboxylic acids is 4. The van der Waals surface area contributed by atoms with Crippen molar-refractivity contribution in [2.45, 2.75) is 39.8 Å². The third-order valence-electron chi connectivity index (χ3n) is 9.62. The Morgan fingerprint density at radius 2 is 0.936 bits per heavy atom. The molecule has 0 fully saturated rings. The van der Waals surface area contributed by atoms with Gasteiger partial charge in [0.25, 0.3) is 11.8 Å². The number of thiocarbonyl (C=S) groups is 1. The van der Waals surface area contributed by atoms with Crippen molar-refractivity contribution in [2.24, 2.45) is 11.6 Å². The SMILES string of the molecule is C.CCOC(=O)C(N)=S.CCOC(=O)c1nnc(-c2ccccc2Nc2ccc(C(F)(F)F)cc2)o1.COC(=O)c1ccccc1Nc1ccc(C(F)(F)F)cc1.NNC(=O)c1ccccc1Nc1ccc(C(F)(F)F)cc1. The van der Waals surface area contributed by atoms with Crippen LogP contribution >= 0.6 is 12.2 Å². The molecule has 1 aromatic heterocycles. The van der Waals surface area contributed by atoms with Gasteiger partial charge in [-0.05, 0) is 123 Å². The summed E-state index contributed by atoms with van der Waals surface area (Å²) >= 11 is 4.29. The smallest absolute Gasteiger partial charge is 0.416 e. The minimum Gasteiger partial charge on any atom is -0.465 e. The lowest BCUT2D eigenvalue weighted by molar-refractivity contribution is -0.138. The number of halogens is 9. The number of hydrogen-bond acceptors (Lipinski definition) is 15. The van der Waals surface area contributed by atoms with Crippen molar-refractivity contribution in [2.75, 3.05) is 36.3 Å². The molecule has 6 aromatic carbocycles. The van der Waals surface area contributed by atoms with E-state index in [4.69, 9.17) is 20.7 Å². The second-order valence-electron chi connectivity index (χ2n) is 14.9. The Labute approximate surface area is 445 Å². The third-order valence-corrected chi connectivity index (χ3v) is 9.78. The lowest BCUT2D eigenvalue weighted by Crippen LogP contribution is -2.30. The Bertz CT molecular complexity index is 2970. The summed E-state index contributed by atoms with van der Waals surface area (Å²) in [4.78, 5) is 44.9. The summed E-state index contributed by atoms with van der Waals surface area (Å²) in [6, 6.07) is 33.6. The molecule has 0 saturated heterocycles. The number of nitrogens with two attached hydrogens (primary N) is 2. The summed E-state index contributed by atoms with van der Waals surface area (Å²) in [5.74, 6) is 2.52. The quantitative estimate of drug-likeness (QED) is 0.0127. The molecule has 7 rings (SSSR count). The molecule has 8 N–H and O–H groups in total. The van der Waals surface area contributed by atoms with Crippen LogP contribution < -0.4 is 33.0 Å². The molecule has 26 heteroatoms. The normalized spacial score (nSPS) is 10.7. The lowest BCUT2D eigenvalue weighted by Gasteiger charge is -2.12. The monoisotopic (exact) mass is 1120 g/mol. The number of rotatable bonds is 12. The van der Waals surface area contributed by atoms with Crippen molar-refractivity contribution < 1.29 is 77.3 Å². The molecule has 414 valence electrons. The fourth-order valence-electron chi connectivity index (χ4n) is 6.03. The van der Waals surface area contributed by atoms with E-state index in [2.05, 4.69) is 47.8 Å². The summed E-state index contributed by atoms with van der Waals surface area (Å²) in [6.45, 7) is 3.83. The third kappa shape index (κ3) is 19.3. The number of carbonyl (C=O) groups is 4. The van der Waals surface area contributed by atoms with Crippen molar-refractivity contribution in [1.82, 2.24) is 15.6 Å². The highest BCUT2D eigenvalue weighted by Gasteiger charge is 2.32. The molecule has 0 aliphatic heterocycles. The van der Waals surface area contributed by atoms with Crippen LogP contribution in [0.2, 0.25) is 0 Å². The summed E-state index contributed by atoms with van der Waals surface area (Å²) in [5, 5.41) is 16.3. The number of nitrogens with zero attached hydrogens (tertiary/aromatic N) is 2. The summed E-state index contributed by atoms with van der Waals surface area (Å²) in [5.41, 5.74) is 8.52. The van der Waals surface area contributed by atoms with Gasteiger partial charge in [-0.15, -0.1) is 10.2 Å². The van der Waals surface area contributed by atoms with Crippen LogP contribution in [0.3, 0.4) is 0 Å². The molecule has 0 unspecified atom stereocenters. The molecule has 1 amide bonds. The molecule has 1 heterocycles. The lowest BCUT2D eigenvalue weighted by atomic mass is 10.1. The van der Waals surface area contributed by atoms with Gasteiger partial charge in [0.15, 0.2) is 4.99 Å². The van der Waals surface area contributed by atoms with E-state index in [1.54, 1.807) is 86.6 Å². The van der Waals surface area contributed by atoms with Crippen molar-refractivity contribution in [3.8, 4) is 11.5 Å². The van der Waals surface area contributed by atoms with Crippen molar-refractivity contribution in [3.05, 3.63) is 179 Å². The molecular formula is C52H49F9N8O8S. The van der Waals surface area contributed by atoms with Gasteiger partial charge in [0.05, 0.1) is 70.8 Å². The number of nitrogens with one attached hydrogen (secondary N) is 4. The molecule has 0 aliphatic rings. The average molecular weight is 1120 g/mol. The zero-order chi connectivity index (χ0) is 56.9. The van der Waals surface area contributed by atoms with Gasteiger partial charge < -0.3 is 40.3 Å². The van der Waals surface area contributed by atoms with E-state index < -0.39 is 59.0 Å². The second kappa shape index (κ2) is 29.3. The van der Waals surface area contributed by atoms with E-state index >= 15 is 0 Å². The van der Waals surface area contributed by atoms with E-state index in [1.165, 1.54) is 43.5 Å². The van der Waals surface area contributed by atoms with Gasteiger partial charge in [0.2, 0.25) is 0 Å². The number of methoxy groups -OCH3 is 1. The molecule has 0 spiro atoms. The first kappa shape index (κ1) is 63.3. The van der Waals surface area contributed by atoms with E-state index in [0.717, 1.165) is 36.4 Å². The summed E-state index contributed by atoms with van der Waals surface area (Å²) in [6.07, 6.45) is -13.2. The Morgan fingerprint density at radius 3 is 1.32 bits per heavy atom. The van der Waals surface area contributed by atoms with Gasteiger partial charge in [-0.25, -0.2) is 20.2 Å². The van der Waals surface area contributed by atoms with Crippen molar-refractivity contribution in [1.29, 1.82) is 0 Å². The Hall–Kier alpha value is -9.04. The van der Waals surface area contributed by atoms with Crippen molar-refractivity contribution in [3.63, 3.8) is 0 Å². The predicted octanol–water partition coefficient (Wildman–Crippen LogP) is 12.4. The van der Waals surface area contributed by atoms with Gasteiger partial charge in [-0.2, -0.15) is 39.5 Å². The molecule has 0 aliphatic carbocycles. The van der Waals surface area contributed by atoms with Gasteiger partial charge in [-0.3, -0.25) is 10.2 Å². The van der Waals surface area contributed by atoms with Crippen LogP contribution in [0.15, 0.2) is 150 Å². The zero-order valence-electron chi connectivity index (χ0n) is 40.4. The molecular weight excluding hydrogens is 1070 g/mol. The fourth-order valence-corrected chi connectivity index (χ4v) is 6.09. The topological polar surface area (TPSA) is 235 Å². The van der Waals surface area contributed by atoms with Gasteiger partial charge in [0, 0.05) is 17.1 Å². The standard InChI is InChI=1S/C18H14F3N3O3.C15H12F3NO2.C14H12F3N3O.C4H7NO2S.CH4/c1-2-26-17(25)16-24-23-15(27-16)13-5-3-4-6-14(13)22-12-9-7-11(8-10-12)18(19,20)21;1-21-14(20)12-4-2-3-5-13(12)19-11-8-6-10(7-9-11)15(16,17)18;15-14(16,17)9-5-7-10(8-6-9)19-12-4-2-1-3-11(12)13(21)20-18;1-2-7-4(6)3(5)8;/h3-10,22H,2H2,1H3;2-9,19H,1H3;1-8,19H,18H2,(H,20,21);2H2,1H3,(H2,5,8);1H4. The van der Waals surface area contributed by atoms with Crippen LogP contribution in [-0.2, 0) is 37.5 Å². The van der Waals surface area contributed by atoms with E-state index in [9.17, 15) is 58.7 Å². The summed E-state index contributed by atoms with van der Waals surface area (Å²) < 4.78 is 132. The number of ether oxygens (including phenoxy) is 3. The maximum Gasteiger partial charge on any atom is 0.416 e. The number of para-hydroxylation sites is 3. The number of benzene rings is 6. The van der Waals surface area contributed by atoms with Crippen LogP contribution in [-0.4, -0.2) is 59.3 Å². The van der Waals surface area contributed by atoms with Gasteiger partial charge in [0.1, 0.15) is 0 Å².